The first-order valence-corrected chi connectivity index (χ1v) is 14.7. The number of hydrogen-bond donors (Lipinski definition) is 1. The minimum absolute atomic E-state index is 0.0794. The fraction of sp³-hybridized carbons (Fsp3) is 0.156. The van der Waals surface area contributed by atoms with E-state index in [1.807, 2.05) is 43.6 Å². The lowest BCUT2D eigenvalue weighted by atomic mass is 9.96. The first-order valence-electron chi connectivity index (χ1n) is 13.4. The summed E-state index contributed by atoms with van der Waals surface area (Å²) in [6.45, 7) is 6.26. The van der Waals surface area contributed by atoms with E-state index in [4.69, 9.17) is 22.2 Å². The number of pyridine rings is 2. The topological polar surface area (TPSA) is 89.1 Å². The number of nitrogens with zero attached hydrogens (tertiary/aromatic N) is 5. The smallest absolute Gasteiger partial charge is 0.269 e. The summed E-state index contributed by atoms with van der Waals surface area (Å²) < 4.78 is 2.19. The molecular formula is C32H28N6O2S2. The molecule has 3 aromatic heterocycles. The SMILES string of the molecule is Cc1ccc(-n2c(C)cc(C3C(c4ccccn4)NC(=S)N3c3ccc(Sc4ccc([N+](=O)[O-])cc4)cc3)c2C)nc1. The highest BCUT2D eigenvalue weighted by Crippen LogP contribution is 2.44. The molecule has 5 aromatic rings. The fourth-order valence-electron chi connectivity index (χ4n) is 5.43. The largest absolute Gasteiger partial charge is 0.351 e. The lowest BCUT2D eigenvalue weighted by Crippen LogP contribution is -2.29. The third-order valence-corrected chi connectivity index (χ3v) is 8.74. The van der Waals surface area contributed by atoms with Crippen LogP contribution in [0.3, 0.4) is 0 Å². The average Bonchev–Trinajstić information content (AvgIpc) is 3.49. The van der Waals surface area contributed by atoms with Gasteiger partial charge in [0.2, 0.25) is 0 Å². The maximum atomic E-state index is 11.0. The summed E-state index contributed by atoms with van der Waals surface area (Å²) in [5, 5.41) is 15.2. The summed E-state index contributed by atoms with van der Waals surface area (Å²) in [5.74, 6) is 0.879. The zero-order chi connectivity index (χ0) is 29.4. The van der Waals surface area contributed by atoms with Crippen molar-refractivity contribution in [2.24, 2.45) is 0 Å². The number of anilines is 1. The van der Waals surface area contributed by atoms with E-state index in [0.29, 0.717) is 5.11 Å². The Balaban J connectivity index is 1.37. The molecule has 2 unspecified atom stereocenters. The van der Waals surface area contributed by atoms with Gasteiger partial charge in [0.1, 0.15) is 5.82 Å². The Morgan fingerprint density at radius 1 is 0.929 bits per heavy atom. The first kappa shape index (κ1) is 27.6. The molecule has 0 spiro atoms. The van der Waals surface area contributed by atoms with Gasteiger partial charge >= 0.3 is 0 Å². The van der Waals surface area contributed by atoms with Crippen LogP contribution in [0.15, 0.2) is 107 Å². The maximum Gasteiger partial charge on any atom is 0.269 e. The number of thiocarbonyl (C=S) groups is 1. The molecule has 1 saturated heterocycles. The van der Waals surface area contributed by atoms with Gasteiger partial charge in [0, 0.05) is 51.4 Å². The van der Waals surface area contributed by atoms with E-state index in [9.17, 15) is 10.1 Å². The summed E-state index contributed by atoms with van der Waals surface area (Å²) in [4.78, 5) is 24.1. The van der Waals surface area contributed by atoms with Gasteiger partial charge in [-0.1, -0.05) is 23.9 Å². The van der Waals surface area contributed by atoms with Crippen LogP contribution in [0.2, 0.25) is 0 Å². The highest BCUT2D eigenvalue weighted by Gasteiger charge is 2.42. The highest BCUT2D eigenvalue weighted by molar-refractivity contribution is 7.99. The molecule has 210 valence electrons. The van der Waals surface area contributed by atoms with Crippen LogP contribution in [0.25, 0.3) is 5.82 Å². The molecule has 1 fully saturated rings. The van der Waals surface area contributed by atoms with Gasteiger partial charge in [0.15, 0.2) is 5.11 Å². The van der Waals surface area contributed by atoms with Gasteiger partial charge in [-0.05, 0) is 105 Å². The predicted octanol–water partition coefficient (Wildman–Crippen LogP) is 7.43. The number of aryl methyl sites for hydroxylation is 2. The van der Waals surface area contributed by atoms with Gasteiger partial charge in [-0.15, -0.1) is 0 Å². The molecule has 2 atom stereocenters. The van der Waals surface area contributed by atoms with Gasteiger partial charge in [-0.2, -0.15) is 0 Å². The van der Waals surface area contributed by atoms with Gasteiger partial charge < -0.3 is 14.8 Å². The Labute approximate surface area is 253 Å². The Morgan fingerprint density at radius 2 is 1.64 bits per heavy atom. The van der Waals surface area contributed by atoms with Gasteiger partial charge in [0.05, 0.1) is 22.7 Å². The lowest BCUT2D eigenvalue weighted by molar-refractivity contribution is -0.384. The van der Waals surface area contributed by atoms with Crippen molar-refractivity contribution in [1.82, 2.24) is 19.9 Å². The summed E-state index contributed by atoms with van der Waals surface area (Å²) in [5.41, 5.74) is 6.39. The van der Waals surface area contributed by atoms with Crippen LogP contribution in [0.5, 0.6) is 0 Å². The maximum absolute atomic E-state index is 11.0. The molecule has 1 aliphatic rings. The van der Waals surface area contributed by atoms with Crippen LogP contribution < -0.4 is 10.2 Å². The van der Waals surface area contributed by atoms with E-state index >= 15 is 0 Å². The fourth-order valence-corrected chi connectivity index (χ4v) is 6.59. The van der Waals surface area contributed by atoms with Crippen molar-refractivity contribution in [2.75, 3.05) is 4.90 Å². The van der Waals surface area contributed by atoms with Crippen molar-refractivity contribution in [3.05, 3.63) is 136 Å². The minimum Gasteiger partial charge on any atom is -0.351 e. The molecule has 1 aliphatic heterocycles. The van der Waals surface area contributed by atoms with Crippen molar-refractivity contribution in [3.8, 4) is 5.82 Å². The summed E-state index contributed by atoms with van der Waals surface area (Å²) >= 11 is 7.50. The number of non-ortho nitro benzene ring substituents is 1. The molecule has 0 bridgehead atoms. The van der Waals surface area contributed by atoms with Crippen LogP contribution in [0, 0.1) is 30.9 Å². The molecule has 0 aliphatic carbocycles. The Morgan fingerprint density at radius 3 is 2.26 bits per heavy atom. The molecule has 1 N–H and O–H groups in total. The number of nitrogens with one attached hydrogen (secondary N) is 1. The molecule has 4 heterocycles. The number of nitro groups is 1. The number of aromatic nitrogens is 3. The van der Waals surface area contributed by atoms with E-state index in [1.54, 1.807) is 23.9 Å². The molecule has 0 amide bonds. The monoisotopic (exact) mass is 592 g/mol. The van der Waals surface area contributed by atoms with Crippen molar-refractivity contribution in [1.29, 1.82) is 0 Å². The number of nitro benzene ring substituents is 1. The van der Waals surface area contributed by atoms with Crippen LogP contribution in [0.4, 0.5) is 11.4 Å². The molecule has 6 rings (SSSR count). The molecule has 2 aromatic carbocycles. The Kier molecular flexibility index (Phi) is 7.49. The van der Waals surface area contributed by atoms with E-state index in [1.165, 1.54) is 12.1 Å². The number of rotatable bonds is 7. The van der Waals surface area contributed by atoms with Crippen LogP contribution >= 0.6 is 24.0 Å². The number of benzene rings is 2. The Hall–Kier alpha value is -4.54. The molecule has 42 heavy (non-hydrogen) atoms. The van der Waals surface area contributed by atoms with E-state index in [0.717, 1.165) is 49.5 Å². The number of hydrogen-bond acceptors (Lipinski definition) is 6. The van der Waals surface area contributed by atoms with Crippen molar-refractivity contribution >= 4 is 40.5 Å². The molecule has 0 saturated carbocycles. The summed E-state index contributed by atoms with van der Waals surface area (Å²) in [6, 6.07) is 26.8. The molecule has 10 heteroatoms. The van der Waals surface area contributed by atoms with E-state index in [2.05, 4.69) is 65.0 Å². The van der Waals surface area contributed by atoms with E-state index in [-0.39, 0.29) is 22.7 Å². The zero-order valence-electron chi connectivity index (χ0n) is 23.3. The van der Waals surface area contributed by atoms with Gasteiger partial charge in [-0.3, -0.25) is 15.1 Å². The third kappa shape index (κ3) is 5.26. The second kappa shape index (κ2) is 11.4. The van der Waals surface area contributed by atoms with Gasteiger partial charge in [-0.25, -0.2) is 4.98 Å². The van der Waals surface area contributed by atoms with Crippen LogP contribution in [-0.4, -0.2) is 24.6 Å². The molecule has 0 radical (unpaired) electrons. The van der Waals surface area contributed by atoms with Gasteiger partial charge in [0.25, 0.3) is 5.69 Å². The summed E-state index contributed by atoms with van der Waals surface area (Å²) in [6.07, 6.45) is 3.70. The standard InChI is InChI=1S/C32H28N6O2S2/c1-20-7-16-29(34-19-20)36-21(2)18-27(22(36)3)31-30(28-6-4-5-17-33-28)35-32(41)37(31)23-8-12-25(13-9-23)42-26-14-10-24(11-15-26)38(39)40/h4-19,30-31H,1-3H3,(H,35,41). The van der Waals surface area contributed by atoms with Crippen molar-refractivity contribution in [2.45, 2.75) is 42.6 Å². The average molecular weight is 593 g/mol. The predicted molar refractivity (Wildman–Crippen MR) is 169 cm³/mol. The summed E-state index contributed by atoms with van der Waals surface area (Å²) in [7, 11) is 0. The molecule has 8 nitrogen and oxygen atoms in total. The van der Waals surface area contributed by atoms with Crippen LogP contribution in [0.1, 0.15) is 40.3 Å². The highest BCUT2D eigenvalue weighted by atomic mass is 32.2. The Bertz CT molecular complexity index is 1750. The van der Waals surface area contributed by atoms with Crippen molar-refractivity contribution in [3.63, 3.8) is 0 Å². The second-order valence-corrected chi connectivity index (χ2v) is 11.7. The quantitative estimate of drug-likeness (QED) is 0.119. The van der Waals surface area contributed by atoms with E-state index < -0.39 is 0 Å². The zero-order valence-corrected chi connectivity index (χ0v) is 24.9. The lowest BCUT2D eigenvalue weighted by Gasteiger charge is -2.28. The third-order valence-electron chi connectivity index (χ3n) is 7.41. The first-order chi connectivity index (χ1) is 20.3. The normalized spacial score (nSPS) is 16.5. The van der Waals surface area contributed by atoms with Crippen molar-refractivity contribution < 1.29 is 4.92 Å². The molecular weight excluding hydrogens is 565 g/mol. The second-order valence-electron chi connectivity index (χ2n) is 10.2. The van der Waals surface area contributed by atoms with Crippen LogP contribution in [-0.2, 0) is 0 Å². The minimum atomic E-state index is -0.389.